The molecule has 2 heterocycles. The van der Waals surface area contributed by atoms with Crippen LogP contribution in [0.25, 0.3) is 11.3 Å². The van der Waals surface area contributed by atoms with Gasteiger partial charge in [0, 0.05) is 29.8 Å². The molecule has 0 bridgehead atoms. The standard InChI is InChI=1S/C22H26N2O3/c1-22(2,3)21(27)24-12-11-15(14-24)13-16-7-6-10-19(23-16)17-8-4-5-9-18(17)20(25)26/h4-10,15H,11-14H2,1-3H3,(H,25,26). The smallest absolute Gasteiger partial charge is 0.336 e. The molecule has 1 aromatic heterocycles. The fraction of sp³-hybridized carbons (Fsp3) is 0.409. The normalized spacial score (nSPS) is 17.1. The Morgan fingerprint density at radius 1 is 1.15 bits per heavy atom. The number of carboxylic acid groups (broad SMARTS) is 1. The van der Waals surface area contributed by atoms with Crippen LogP contribution in [0.15, 0.2) is 42.5 Å². The van der Waals surface area contributed by atoms with Crippen molar-refractivity contribution in [1.29, 1.82) is 0 Å². The topological polar surface area (TPSA) is 70.5 Å². The van der Waals surface area contributed by atoms with Crippen LogP contribution in [0.3, 0.4) is 0 Å². The van der Waals surface area contributed by atoms with Gasteiger partial charge in [0.2, 0.25) is 5.91 Å². The van der Waals surface area contributed by atoms with E-state index >= 15 is 0 Å². The summed E-state index contributed by atoms with van der Waals surface area (Å²) in [6.45, 7) is 7.41. The molecule has 0 saturated carbocycles. The van der Waals surface area contributed by atoms with Crippen molar-refractivity contribution in [3.8, 4) is 11.3 Å². The summed E-state index contributed by atoms with van der Waals surface area (Å²) < 4.78 is 0. The zero-order chi connectivity index (χ0) is 19.6. The van der Waals surface area contributed by atoms with E-state index in [0.29, 0.717) is 17.2 Å². The summed E-state index contributed by atoms with van der Waals surface area (Å²) in [7, 11) is 0. The first-order valence-electron chi connectivity index (χ1n) is 9.33. The molecule has 1 amide bonds. The molecule has 1 aliphatic heterocycles. The first kappa shape index (κ1) is 19.1. The van der Waals surface area contributed by atoms with Gasteiger partial charge in [-0.05, 0) is 37.0 Å². The Balaban J connectivity index is 1.75. The lowest BCUT2D eigenvalue weighted by molar-refractivity contribution is -0.138. The number of carbonyl (C=O) groups is 2. The molecule has 2 aromatic rings. The van der Waals surface area contributed by atoms with Gasteiger partial charge in [-0.25, -0.2) is 4.79 Å². The van der Waals surface area contributed by atoms with Gasteiger partial charge in [0.05, 0.1) is 11.3 Å². The minimum Gasteiger partial charge on any atom is -0.478 e. The van der Waals surface area contributed by atoms with E-state index in [2.05, 4.69) is 0 Å². The number of hydrogen-bond donors (Lipinski definition) is 1. The number of pyridine rings is 1. The lowest BCUT2D eigenvalue weighted by atomic mass is 9.95. The average Bonchev–Trinajstić information content (AvgIpc) is 3.08. The van der Waals surface area contributed by atoms with Gasteiger partial charge >= 0.3 is 5.97 Å². The van der Waals surface area contributed by atoms with Crippen LogP contribution in [0.4, 0.5) is 0 Å². The van der Waals surface area contributed by atoms with Gasteiger partial charge in [-0.1, -0.05) is 45.0 Å². The number of nitrogens with zero attached hydrogens (tertiary/aromatic N) is 2. The molecule has 0 spiro atoms. The SMILES string of the molecule is CC(C)(C)C(=O)N1CCC(Cc2cccc(-c3ccccc3C(=O)O)n2)C1. The third kappa shape index (κ3) is 4.35. The van der Waals surface area contributed by atoms with Crippen molar-refractivity contribution in [2.75, 3.05) is 13.1 Å². The molecule has 1 N–H and O–H groups in total. The Bertz CT molecular complexity index is 855. The van der Waals surface area contributed by atoms with Gasteiger partial charge < -0.3 is 10.0 Å². The largest absolute Gasteiger partial charge is 0.478 e. The molecule has 3 rings (SSSR count). The number of aromatic nitrogens is 1. The van der Waals surface area contributed by atoms with E-state index in [9.17, 15) is 14.7 Å². The van der Waals surface area contributed by atoms with Crippen LogP contribution in [-0.2, 0) is 11.2 Å². The van der Waals surface area contributed by atoms with Crippen molar-refractivity contribution in [3.05, 3.63) is 53.7 Å². The maximum Gasteiger partial charge on any atom is 0.336 e. The average molecular weight is 366 g/mol. The molecule has 142 valence electrons. The van der Waals surface area contributed by atoms with E-state index in [-0.39, 0.29) is 16.9 Å². The number of rotatable bonds is 4. The van der Waals surface area contributed by atoms with Crippen molar-refractivity contribution < 1.29 is 14.7 Å². The number of carbonyl (C=O) groups excluding carboxylic acids is 1. The summed E-state index contributed by atoms with van der Waals surface area (Å²) in [6.07, 6.45) is 1.76. The Morgan fingerprint density at radius 2 is 1.89 bits per heavy atom. The lowest BCUT2D eigenvalue weighted by Gasteiger charge is -2.25. The molecule has 1 unspecified atom stereocenters. The van der Waals surface area contributed by atoms with Crippen molar-refractivity contribution in [1.82, 2.24) is 9.88 Å². The number of carboxylic acids is 1. The summed E-state index contributed by atoms with van der Waals surface area (Å²) >= 11 is 0. The molecule has 5 heteroatoms. The molecule has 0 radical (unpaired) electrons. The second kappa shape index (κ2) is 7.51. The van der Waals surface area contributed by atoms with Crippen LogP contribution in [0.5, 0.6) is 0 Å². The zero-order valence-corrected chi connectivity index (χ0v) is 16.1. The summed E-state index contributed by atoms with van der Waals surface area (Å²) in [6, 6.07) is 12.7. The first-order chi connectivity index (χ1) is 12.8. The van der Waals surface area contributed by atoms with E-state index < -0.39 is 5.97 Å². The fourth-order valence-corrected chi connectivity index (χ4v) is 3.59. The molecular weight excluding hydrogens is 340 g/mol. The molecule has 5 nitrogen and oxygen atoms in total. The Hall–Kier alpha value is -2.69. The maximum absolute atomic E-state index is 12.5. The Morgan fingerprint density at radius 3 is 2.59 bits per heavy atom. The van der Waals surface area contributed by atoms with Gasteiger partial charge in [-0.15, -0.1) is 0 Å². The fourth-order valence-electron chi connectivity index (χ4n) is 3.59. The highest BCUT2D eigenvalue weighted by Gasteiger charge is 2.32. The third-order valence-corrected chi connectivity index (χ3v) is 4.95. The second-order valence-electron chi connectivity index (χ2n) is 8.22. The van der Waals surface area contributed by atoms with Gasteiger partial charge in [0.15, 0.2) is 0 Å². The summed E-state index contributed by atoms with van der Waals surface area (Å²) in [5.74, 6) is -0.374. The van der Waals surface area contributed by atoms with Crippen LogP contribution in [0, 0.1) is 11.3 Å². The highest BCUT2D eigenvalue weighted by atomic mass is 16.4. The summed E-state index contributed by atoms with van der Waals surface area (Å²) in [5, 5.41) is 9.41. The maximum atomic E-state index is 12.5. The second-order valence-corrected chi connectivity index (χ2v) is 8.22. The van der Waals surface area contributed by atoms with E-state index in [1.165, 1.54) is 0 Å². The first-order valence-corrected chi connectivity index (χ1v) is 9.33. The van der Waals surface area contributed by atoms with Gasteiger partial charge in [0.1, 0.15) is 0 Å². The zero-order valence-electron chi connectivity index (χ0n) is 16.1. The van der Waals surface area contributed by atoms with Gasteiger partial charge in [-0.3, -0.25) is 9.78 Å². The van der Waals surface area contributed by atoms with Crippen molar-refractivity contribution in [2.45, 2.75) is 33.6 Å². The van der Waals surface area contributed by atoms with Gasteiger partial charge in [0.25, 0.3) is 0 Å². The van der Waals surface area contributed by atoms with Crippen LogP contribution >= 0.6 is 0 Å². The molecule has 1 atom stereocenters. The molecule has 1 aliphatic rings. The molecule has 1 fully saturated rings. The Labute approximate surface area is 160 Å². The minimum absolute atomic E-state index is 0.196. The summed E-state index contributed by atoms with van der Waals surface area (Å²) in [4.78, 5) is 30.6. The molecule has 27 heavy (non-hydrogen) atoms. The third-order valence-electron chi connectivity index (χ3n) is 4.95. The number of aromatic carboxylic acids is 1. The van der Waals surface area contributed by atoms with Crippen LogP contribution < -0.4 is 0 Å². The summed E-state index contributed by atoms with van der Waals surface area (Å²) in [5.41, 5.74) is 2.13. The van der Waals surface area contributed by atoms with Gasteiger partial charge in [-0.2, -0.15) is 0 Å². The van der Waals surface area contributed by atoms with E-state index in [1.54, 1.807) is 18.2 Å². The quantitative estimate of drug-likeness (QED) is 0.891. The highest BCUT2D eigenvalue weighted by molar-refractivity contribution is 5.95. The minimum atomic E-state index is -0.954. The monoisotopic (exact) mass is 366 g/mol. The molecule has 1 aromatic carbocycles. The van der Waals surface area contributed by atoms with E-state index in [1.807, 2.05) is 49.9 Å². The van der Waals surface area contributed by atoms with E-state index in [4.69, 9.17) is 4.98 Å². The van der Waals surface area contributed by atoms with E-state index in [0.717, 1.165) is 31.6 Å². The number of benzene rings is 1. The molecule has 1 saturated heterocycles. The van der Waals surface area contributed by atoms with Crippen LogP contribution in [0.2, 0.25) is 0 Å². The van der Waals surface area contributed by atoms with Crippen LogP contribution in [-0.4, -0.2) is 40.0 Å². The number of likely N-dealkylation sites (tertiary alicyclic amines) is 1. The molecular formula is C22H26N2O3. The predicted octanol–water partition coefficient (Wildman–Crippen LogP) is 3.88. The Kier molecular flexibility index (Phi) is 5.31. The lowest BCUT2D eigenvalue weighted by Crippen LogP contribution is -2.38. The highest BCUT2D eigenvalue weighted by Crippen LogP contribution is 2.27. The predicted molar refractivity (Wildman–Crippen MR) is 104 cm³/mol. The van der Waals surface area contributed by atoms with Crippen molar-refractivity contribution >= 4 is 11.9 Å². The number of hydrogen-bond acceptors (Lipinski definition) is 3. The number of amides is 1. The molecule has 0 aliphatic carbocycles. The van der Waals surface area contributed by atoms with Crippen LogP contribution in [0.1, 0.15) is 43.2 Å². The van der Waals surface area contributed by atoms with Crippen molar-refractivity contribution in [2.24, 2.45) is 11.3 Å². The van der Waals surface area contributed by atoms with Crippen molar-refractivity contribution in [3.63, 3.8) is 0 Å².